The molecule has 1 saturated heterocycles. The van der Waals surface area contributed by atoms with Crippen molar-refractivity contribution in [2.45, 2.75) is 19.8 Å². The van der Waals surface area contributed by atoms with Gasteiger partial charge in [0.05, 0.1) is 18.2 Å². The first-order chi connectivity index (χ1) is 8.72. The SMILES string of the molecule is CCOC(=O)C1CCCN(c2ncccc2N)C1. The minimum atomic E-state index is -0.114. The van der Waals surface area contributed by atoms with Crippen molar-refractivity contribution < 1.29 is 9.53 Å². The quantitative estimate of drug-likeness (QED) is 0.821. The van der Waals surface area contributed by atoms with Crippen LogP contribution in [0, 0.1) is 5.92 Å². The number of piperidine rings is 1. The van der Waals surface area contributed by atoms with E-state index < -0.39 is 0 Å². The number of rotatable bonds is 3. The Labute approximate surface area is 107 Å². The fraction of sp³-hybridized carbons (Fsp3) is 0.538. The van der Waals surface area contributed by atoms with Gasteiger partial charge in [0.15, 0.2) is 5.82 Å². The highest BCUT2D eigenvalue weighted by molar-refractivity contribution is 5.74. The molecule has 0 aromatic carbocycles. The number of ether oxygens (including phenoxy) is 1. The molecule has 1 aromatic heterocycles. The zero-order chi connectivity index (χ0) is 13.0. The van der Waals surface area contributed by atoms with Gasteiger partial charge in [0.25, 0.3) is 0 Å². The molecule has 98 valence electrons. The highest BCUT2D eigenvalue weighted by Crippen LogP contribution is 2.26. The summed E-state index contributed by atoms with van der Waals surface area (Å²) in [4.78, 5) is 18.1. The number of nitrogen functional groups attached to an aromatic ring is 1. The molecule has 0 radical (unpaired) electrons. The van der Waals surface area contributed by atoms with Gasteiger partial charge in [0, 0.05) is 19.3 Å². The first-order valence-corrected chi connectivity index (χ1v) is 6.34. The topological polar surface area (TPSA) is 68.5 Å². The zero-order valence-corrected chi connectivity index (χ0v) is 10.6. The number of pyridine rings is 1. The molecule has 1 fully saturated rings. The molecule has 5 heteroatoms. The van der Waals surface area contributed by atoms with Crippen LogP contribution in [0.2, 0.25) is 0 Å². The molecule has 18 heavy (non-hydrogen) atoms. The zero-order valence-electron chi connectivity index (χ0n) is 10.6. The van der Waals surface area contributed by atoms with E-state index in [0.29, 0.717) is 18.8 Å². The fourth-order valence-corrected chi connectivity index (χ4v) is 2.30. The van der Waals surface area contributed by atoms with Crippen molar-refractivity contribution in [3.05, 3.63) is 18.3 Å². The van der Waals surface area contributed by atoms with E-state index in [4.69, 9.17) is 10.5 Å². The third kappa shape index (κ3) is 2.72. The number of esters is 1. The number of hydrogen-bond acceptors (Lipinski definition) is 5. The normalized spacial score (nSPS) is 19.6. The van der Waals surface area contributed by atoms with Crippen molar-refractivity contribution in [1.82, 2.24) is 4.98 Å². The first-order valence-electron chi connectivity index (χ1n) is 6.34. The highest BCUT2D eigenvalue weighted by Gasteiger charge is 2.28. The summed E-state index contributed by atoms with van der Waals surface area (Å²) >= 11 is 0. The molecule has 1 atom stereocenters. The smallest absolute Gasteiger partial charge is 0.310 e. The molecule has 0 spiro atoms. The Balaban J connectivity index is 2.07. The molecule has 5 nitrogen and oxygen atoms in total. The monoisotopic (exact) mass is 249 g/mol. The Morgan fingerprint density at radius 2 is 2.50 bits per heavy atom. The Bertz CT molecular complexity index is 422. The first kappa shape index (κ1) is 12.7. The van der Waals surface area contributed by atoms with Gasteiger partial charge in [-0.05, 0) is 31.9 Å². The van der Waals surface area contributed by atoms with Gasteiger partial charge in [0.2, 0.25) is 0 Å². The lowest BCUT2D eigenvalue weighted by Crippen LogP contribution is -2.40. The average Bonchev–Trinajstić information content (AvgIpc) is 2.40. The molecular formula is C13H19N3O2. The fourth-order valence-electron chi connectivity index (χ4n) is 2.30. The van der Waals surface area contributed by atoms with Gasteiger partial charge >= 0.3 is 5.97 Å². The summed E-state index contributed by atoms with van der Waals surface area (Å²) in [6.45, 7) is 3.79. The van der Waals surface area contributed by atoms with E-state index in [2.05, 4.69) is 9.88 Å². The summed E-state index contributed by atoms with van der Waals surface area (Å²) in [5.74, 6) is 0.586. The van der Waals surface area contributed by atoms with Crippen molar-refractivity contribution in [3.8, 4) is 0 Å². The van der Waals surface area contributed by atoms with Crippen LogP contribution in [0.25, 0.3) is 0 Å². The maximum Gasteiger partial charge on any atom is 0.310 e. The number of nitrogens with zero attached hydrogens (tertiary/aromatic N) is 2. The number of hydrogen-bond donors (Lipinski definition) is 1. The van der Waals surface area contributed by atoms with Crippen LogP contribution >= 0.6 is 0 Å². The number of nitrogens with two attached hydrogens (primary N) is 1. The van der Waals surface area contributed by atoms with E-state index >= 15 is 0 Å². The number of anilines is 2. The molecule has 0 saturated carbocycles. The van der Waals surface area contributed by atoms with Gasteiger partial charge in [-0.15, -0.1) is 0 Å². The molecule has 2 rings (SSSR count). The Kier molecular flexibility index (Phi) is 4.02. The lowest BCUT2D eigenvalue weighted by atomic mass is 9.98. The minimum Gasteiger partial charge on any atom is -0.466 e. The number of carbonyl (C=O) groups is 1. The van der Waals surface area contributed by atoms with Gasteiger partial charge < -0.3 is 15.4 Å². The lowest BCUT2D eigenvalue weighted by Gasteiger charge is -2.32. The summed E-state index contributed by atoms with van der Waals surface area (Å²) in [7, 11) is 0. The van der Waals surface area contributed by atoms with Gasteiger partial charge in [-0.2, -0.15) is 0 Å². The number of carbonyl (C=O) groups excluding carboxylic acids is 1. The number of aromatic nitrogens is 1. The molecule has 0 amide bonds. The molecule has 2 N–H and O–H groups in total. The van der Waals surface area contributed by atoms with Gasteiger partial charge in [-0.25, -0.2) is 4.98 Å². The second-order valence-electron chi connectivity index (χ2n) is 4.45. The van der Waals surface area contributed by atoms with Gasteiger partial charge in [-0.1, -0.05) is 0 Å². The minimum absolute atomic E-state index is 0.0693. The maximum absolute atomic E-state index is 11.8. The predicted molar refractivity (Wildman–Crippen MR) is 70.2 cm³/mol. The molecule has 0 aliphatic carbocycles. The van der Waals surface area contributed by atoms with Crippen LogP contribution in [0.15, 0.2) is 18.3 Å². The van der Waals surface area contributed by atoms with Gasteiger partial charge in [0.1, 0.15) is 0 Å². The van der Waals surface area contributed by atoms with Crippen LogP contribution in [0.4, 0.5) is 11.5 Å². The van der Waals surface area contributed by atoms with Crippen molar-refractivity contribution in [2.24, 2.45) is 5.92 Å². The molecule has 0 bridgehead atoms. The average molecular weight is 249 g/mol. The molecule has 1 aromatic rings. The summed E-state index contributed by atoms with van der Waals surface area (Å²) in [6, 6.07) is 3.64. The lowest BCUT2D eigenvalue weighted by molar-refractivity contribution is -0.148. The van der Waals surface area contributed by atoms with E-state index in [1.165, 1.54) is 0 Å². The summed E-state index contributed by atoms with van der Waals surface area (Å²) in [5.41, 5.74) is 6.57. The van der Waals surface area contributed by atoms with Crippen molar-refractivity contribution in [1.29, 1.82) is 0 Å². The van der Waals surface area contributed by atoms with Crippen molar-refractivity contribution in [2.75, 3.05) is 30.3 Å². The third-order valence-electron chi connectivity index (χ3n) is 3.16. The Morgan fingerprint density at radius 3 is 3.22 bits per heavy atom. The second-order valence-corrected chi connectivity index (χ2v) is 4.45. The standard InChI is InChI=1S/C13H19N3O2/c1-2-18-13(17)10-5-4-8-16(9-10)12-11(14)6-3-7-15-12/h3,6-7,10H,2,4-5,8-9,14H2,1H3. The summed E-state index contributed by atoms with van der Waals surface area (Å²) in [5, 5.41) is 0. The molecule has 1 aliphatic rings. The molecular weight excluding hydrogens is 230 g/mol. The van der Waals surface area contributed by atoms with E-state index in [9.17, 15) is 4.79 Å². The van der Waals surface area contributed by atoms with E-state index in [1.807, 2.05) is 19.1 Å². The van der Waals surface area contributed by atoms with Crippen LogP contribution in [0.5, 0.6) is 0 Å². The van der Waals surface area contributed by atoms with Crippen molar-refractivity contribution >= 4 is 17.5 Å². The van der Waals surface area contributed by atoms with Crippen molar-refractivity contribution in [3.63, 3.8) is 0 Å². The molecule has 1 unspecified atom stereocenters. The second kappa shape index (κ2) is 5.71. The third-order valence-corrected chi connectivity index (χ3v) is 3.16. The van der Waals surface area contributed by atoms with E-state index in [0.717, 1.165) is 25.2 Å². The van der Waals surface area contributed by atoms with E-state index in [-0.39, 0.29) is 11.9 Å². The van der Waals surface area contributed by atoms with Crippen LogP contribution in [0.3, 0.4) is 0 Å². The Morgan fingerprint density at radius 1 is 1.67 bits per heavy atom. The van der Waals surface area contributed by atoms with Gasteiger partial charge in [-0.3, -0.25) is 4.79 Å². The van der Waals surface area contributed by atoms with Crippen LogP contribution < -0.4 is 10.6 Å². The maximum atomic E-state index is 11.8. The highest BCUT2D eigenvalue weighted by atomic mass is 16.5. The molecule has 1 aliphatic heterocycles. The summed E-state index contributed by atoms with van der Waals surface area (Å²) < 4.78 is 5.08. The van der Waals surface area contributed by atoms with Crippen LogP contribution in [-0.2, 0) is 9.53 Å². The largest absolute Gasteiger partial charge is 0.466 e. The van der Waals surface area contributed by atoms with E-state index in [1.54, 1.807) is 6.20 Å². The van der Waals surface area contributed by atoms with Crippen LogP contribution in [-0.4, -0.2) is 30.6 Å². The van der Waals surface area contributed by atoms with Crippen LogP contribution in [0.1, 0.15) is 19.8 Å². The predicted octanol–water partition coefficient (Wildman–Crippen LogP) is 1.44. The Hall–Kier alpha value is -1.78. The summed E-state index contributed by atoms with van der Waals surface area (Å²) in [6.07, 6.45) is 3.56. The molecule has 2 heterocycles.